The molecule has 1 aliphatic heterocycles. The third kappa shape index (κ3) is 4.48. The van der Waals surface area contributed by atoms with Gasteiger partial charge in [-0.3, -0.25) is 19.1 Å². The molecule has 0 spiro atoms. The van der Waals surface area contributed by atoms with Crippen LogP contribution in [0.2, 0.25) is 0 Å². The minimum atomic E-state index is -4.53. The normalized spacial score (nSPS) is 20.1. The molecule has 1 saturated heterocycles. The van der Waals surface area contributed by atoms with Gasteiger partial charge >= 0.3 is 6.18 Å². The molecule has 12 heteroatoms. The summed E-state index contributed by atoms with van der Waals surface area (Å²) < 4.78 is 45.4. The molecule has 4 heterocycles. The van der Waals surface area contributed by atoms with E-state index < -0.39 is 17.9 Å². The van der Waals surface area contributed by atoms with E-state index in [0.29, 0.717) is 29.8 Å². The third-order valence-corrected chi connectivity index (χ3v) is 7.23. The van der Waals surface area contributed by atoms with Gasteiger partial charge in [0.15, 0.2) is 5.69 Å². The van der Waals surface area contributed by atoms with E-state index in [4.69, 9.17) is 5.26 Å². The number of aryl methyl sites for hydroxylation is 2. The predicted octanol–water partition coefficient (Wildman–Crippen LogP) is 3.45. The zero-order valence-corrected chi connectivity index (χ0v) is 21.1. The average molecular weight is 505 g/mol. The van der Waals surface area contributed by atoms with Crippen molar-refractivity contribution in [3.8, 4) is 6.07 Å². The predicted molar refractivity (Wildman–Crippen MR) is 129 cm³/mol. The van der Waals surface area contributed by atoms with Crippen molar-refractivity contribution in [3.63, 3.8) is 0 Å². The highest BCUT2D eigenvalue weighted by Crippen LogP contribution is 2.38. The molecular formula is C24H31F3N8O. The van der Waals surface area contributed by atoms with Gasteiger partial charge in [0.25, 0.3) is 5.56 Å². The summed E-state index contributed by atoms with van der Waals surface area (Å²) in [4.78, 5) is 17.1. The number of anilines is 1. The Morgan fingerprint density at radius 3 is 2.44 bits per heavy atom. The number of halogens is 3. The molecule has 1 fully saturated rings. The number of nitrogens with zero attached hydrogens (tertiary/aromatic N) is 8. The van der Waals surface area contributed by atoms with E-state index in [2.05, 4.69) is 26.1 Å². The van der Waals surface area contributed by atoms with Crippen molar-refractivity contribution in [1.82, 2.24) is 29.0 Å². The summed E-state index contributed by atoms with van der Waals surface area (Å²) in [5, 5.41) is 17.4. The second-order valence-electron chi connectivity index (χ2n) is 9.40. The number of alkyl halides is 3. The first-order valence-corrected chi connectivity index (χ1v) is 12.1. The Bertz CT molecular complexity index is 1350. The molecule has 4 rings (SSSR count). The smallest absolute Gasteiger partial charge is 0.364 e. The lowest BCUT2D eigenvalue weighted by Gasteiger charge is -2.49. The summed E-state index contributed by atoms with van der Waals surface area (Å²) in [5.41, 5.74) is 1.10. The maximum atomic E-state index is 13.7. The maximum Gasteiger partial charge on any atom is 0.435 e. The zero-order valence-electron chi connectivity index (χ0n) is 21.1. The van der Waals surface area contributed by atoms with Crippen LogP contribution in [0, 0.1) is 11.3 Å². The number of aromatic nitrogens is 5. The Labute approximate surface area is 207 Å². The quantitative estimate of drug-likeness (QED) is 0.511. The van der Waals surface area contributed by atoms with E-state index in [0.717, 1.165) is 12.8 Å². The van der Waals surface area contributed by atoms with Crippen LogP contribution in [-0.4, -0.2) is 54.2 Å². The Balaban J connectivity index is 1.74. The zero-order chi connectivity index (χ0) is 26.4. The number of pyridine rings is 1. The summed E-state index contributed by atoms with van der Waals surface area (Å²) in [6, 6.07) is 3.06. The lowest BCUT2D eigenvalue weighted by molar-refractivity contribution is -0.142. The van der Waals surface area contributed by atoms with Gasteiger partial charge in [-0.15, -0.1) is 0 Å². The summed E-state index contributed by atoms with van der Waals surface area (Å²) in [5.74, 6) is 0. The van der Waals surface area contributed by atoms with Crippen molar-refractivity contribution in [2.75, 3.05) is 18.0 Å². The Morgan fingerprint density at radius 1 is 1.14 bits per heavy atom. The van der Waals surface area contributed by atoms with Crippen molar-refractivity contribution in [1.29, 1.82) is 5.26 Å². The minimum Gasteiger partial charge on any atom is -0.364 e. The van der Waals surface area contributed by atoms with Gasteiger partial charge in [0, 0.05) is 63.1 Å². The van der Waals surface area contributed by atoms with E-state index in [-0.39, 0.29) is 29.8 Å². The lowest BCUT2D eigenvalue weighted by Crippen LogP contribution is -2.59. The highest BCUT2D eigenvalue weighted by molar-refractivity contribution is 5.88. The van der Waals surface area contributed by atoms with Crippen molar-refractivity contribution in [2.24, 2.45) is 14.1 Å². The Hall–Kier alpha value is -3.33. The van der Waals surface area contributed by atoms with Gasteiger partial charge in [-0.1, -0.05) is 13.8 Å². The number of hydrogen-bond donors (Lipinski definition) is 0. The standard InChI is InChI=1S/C24H31F3N8O/c1-6-16-12-35(19-10-21(36)32(5)20-14-33(9-8-28)29-22(19)20)17(7-2)11-34(16)15(3)18-13-31(4)30-23(18)24(25,26)27/h10,13-17H,6-7,9,11-12H2,1-5H3/t15?,16-,17+/m1/s1. The fraction of sp³-hybridized carbons (Fsp3) is 0.583. The number of hydrogen-bond acceptors (Lipinski definition) is 6. The molecule has 0 bridgehead atoms. The first-order valence-electron chi connectivity index (χ1n) is 12.1. The molecule has 0 N–H and O–H groups in total. The van der Waals surface area contributed by atoms with Crippen LogP contribution in [-0.2, 0) is 26.8 Å². The van der Waals surface area contributed by atoms with Gasteiger partial charge in [0.05, 0.1) is 23.5 Å². The van der Waals surface area contributed by atoms with Crippen molar-refractivity contribution < 1.29 is 13.2 Å². The SMILES string of the molecule is CC[C@H]1CN(C(C)c2cn(C)nc2C(F)(F)F)[C@H](CC)CN1c1cc(=O)n(C)c2cn(CC#N)nc12. The van der Waals surface area contributed by atoms with Crippen LogP contribution in [0.4, 0.5) is 18.9 Å². The molecule has 0 aromatic carbocycles. The van der Waals surface area contributed by atoms with Gasteiger partial charge in [0.1, 0.15) is 12.1 Å². The van der Waals surface area contributed by atoms with Crippen LogP contribution >= 0.6 is 0 Å². The van der Waals surface area contributed by atoms with E-state index >= 15 is 0 Å². The van der Waals surface area contributed by atoms with E-state index in [1.807, 2.05) is 13.8 Å². The maximum absolute atomic E-state index is 13.7. The monoisotopic (exact) mass is 504 g/mol. The van der Waals surface area contributed by atoms with Crippen molar-refractivity contribution in [3.05, 3.63) is 40.1 Å². The van der Waals surface area contributed by atoms with Crippen LogP contribution in [0.1, 0.15) is 50.9 Å². The molecule has 1 unspecified atom stereocenters. The number of piperazine rings is 1. The van der Waals surface area contributed by atoms with Gasteiger partial charge in [-0.2, -0.15) is 28.6 Å². The summed E-state index contributed by atoms with van der Waals surface area (Å²) in [7, 11) is 3.17. The molecule has 0 saturated carbocycles. The molecule has 1 aliphatic rings. The lowest BCUT2D eigenvalue weighted by atomic mass is 9.96. The topological polar surface area (TPSA) is 87.9 Å². The van der Waals surface area contributed by atoms with Crippen molar-refractivity contribution >= 4 is 16.7 Å². The molecular weight excluding hydrogens is 473 g/mol. The van der Waals surface area contributed by atoms with Crippen molar-refractivity contribution in [2.45, 2.75) is 64.5 Å². The summed E-state index contributed by atoms with van der Waals surface area (Å²) in [6.07, 6.45) is 0.0710. The number of rotatable bonds is 6. The first kappa shape index (κ1) is 25.8. The third-order valence-electron chi connectivity index (χ3n) is 7.23. The summed E-state index contributed by atoms with van der Waals surface area (Å²) in [6.45, 7) is 6.98. The average Bonchev–Trinajstić information content (AvgIpc) is 3.44. The number of nitriles is 1. The van der Waals surface area contributed by atoms with Gasteiger partial charge in [-0.05, 0) is 19.8 Å². The number of fused-ring (bicyclic) bond motifs is 1. The fourth-order valence-corrected chi connectivity index (χ4v) is 5.28. The van der Waals surface area contributed by atoms with Gasteiger partial charge < -0.3 is 9.47 Å². The highest BCUT2D eigenvalue weighted by Gasteiger charge is 2.42. The molecule has 3 atom stereocenters. The van der Waals surface area contributed by atoms with Crippen LogP contribution in [0.15, 0.2) is 23.3 Å². The molecule has 194 valence electrons. The summed E-state index contributed by atoms with van der Waals surface area (Å²) >= 11 is 0. The van der Waals surface area contributed by atoms with Gasteiger partial charge in [-0.25, -0.2) is 0 Å². The minimum absolute atomic E-state index is 0.0438. The highest BCUT2D eigenvalue weighted by atomic mass is 19.4. The molecule has 0 aliphatic carbocycles. The molecule has 3 aromatic heterocycles. The van der Waals surface area contributed by atoms with Crippen LogP contribution in [0.5, 0.6) is 0 Å². The Kier molecular flexibility index (Phi) is 6.88. The Morgan fingerprint density at radius 2 is 1.83 bits per heavy atom. The second-order valence-corrected chi connectivity index (χ2v) is 9.40. The largest absolute Gasteiger partial charge is 0.435 e. The molecule has 36 heavy (non-hydrogen) atoms. The molecule has 3 aromatic rings. The van der Waals surface area contributed by atoms with E-state index in [9.17, 15) is 18.0 Å². The van der Waals surface area contributed by atoms with E-state index in [1.54, 1.807) is 26.2 Å². The fourth-order valence-electron chi connectivity index (χ4n) is 5.28. The molecule has 0 amide bonds. The van der Waals surface area contributed by atoms with Crippen LogP contribution < -0.4 is 10.5 Å². The second kappa shape index (κ2) is 9.61. The van der Waals surface area contributed by atoms with E-state index in [1.165, 1.54) is 27.2 Å². The molecule has 9 nitrogen and oxygen atoms in total. The van der Waals surface area contributed by atoms with Crippen LogP contribution in [0.3, 0.4) is 0 Å². The first-order chi connectivity index (χ1) is 17.0. The van der Waals surface area contributed by atoms with Gasteiger partial charge in [0.2, 0.25) is 0 Å². The molecule has 0 radical (unpaired) electrons. The van der Waals surface area contributed by atoms with Crippen LogP contribution in [0.25, 0.3) is 11.0 Å².